The summed E-state index contributed by atoms with van der Waals surface area (Å²) in [5.74, 6) is 0. The second-order valence-electron chi connectivity index (χ2n) is 3.72. The van der Waals surface area contributed by atoms with Gasteiger partial charge in [-0.3, -0.25) is 0 Å². The molecule has 0 saturated heterocycles. The van der Waals surface area contributed by atoms with Gasteiger partial charge in [-0.25, -0.2) is 0 Å². The molecule has 0 spiro atoms. The minimum Gasteiger partial charge on any atom is -0.331 e. The Bertz CT molecular complexity index is 98.1. The summed E-state index contributed by atoms with van der Waals surface area (Å²) in [4.78, 5) is 0. The van der Waals surface area contributed by atoms with Crippen LogP contribution in [0.5, 0.6) is 0 Å². The lowest BCUT2D eigenvalue weighted by atomic mass is 10.2. The van der Waals surface area contributed by atoms with Crippen LogP contribution in [0, 0.1) is 0 Å². The molecule has 0 aromatic heterocycles. The second-order valence-corrected chi connectivity index (χ2v) is 3.72. The third-order valence-electron chi connectivity index (χ3n) is 1.21. The van der Waals surface area contributed by atoms with Crippen LogP contribution in [-0.4, -0.2) is 32.2 Å². The Morgan fingerprint density at radius 1 is 1.08 bits per heavy atom. The van der Waals surface area contributed by atoms with Gasteiger partial charge in [0.05, 0.1) is 27.7 Å². The molecule has 0 amide bonds. The first-order valence-electron chi connectivity index (χ1n) is 3.36. The van der Waals surface area contributed by atoms with Crippen molar-refractivity contribution in [3.63, 3.8) is 0 Å². The van der Waals surface area contributed by atoms with Crippen LogP contribution in [0.15, 0.2) is 12.2 Å². The molecular formula is C11H30N+. The Morgan fingerprint density at radius 2 is 1.42 bits per heavy atom. The second kappa shape index (κ2) is 8.79. The molecule has 0 aliphatic carbocycles. The third kappa shape index (κ3) is 22.6. The van der Waals surface area contributed by atoms with Crippen LogP contribution >= 0.6 is 0 Å². The van der Waals surface area contributed by atoms with Gasteiger partial charge in [0.2, 0.25) is 0 Å². The normalized spacial score (nSPS) is 8.67. The Hall–Kier alpha value is -0.300. The molecular weight excluding hydrogens is 146 g/mol. The first-order chi connectivity index (χ1) is 3.92. The van der Waals surface area contributed by atoms with Crippen molar-refractivity contribution in [2.75, 3.05) is 27.7 Å². The molecule has 0 rings (SSSR count). The van der Waals surface area contributed by atoms with Gasteiger partial charge in [-0.15, -0.1) is 0 Å². The predicted octanol–water partition coefficient (Wildman–Crippen LogP) is 3.57. The summed E-state index contributed by atoms with van der Waals surface area (Å²) in [6.07, 6.45) is 1.14. The topological polar surface area (TPSA) is 0 Å². The van der Waals surface area contributed by atoms with E-state index in [0.717, 1.165) is 10.9 Å². The number of nitrogens with zero attached hydrogens (tertiary/aromatic N) is 1. The highest BCUT2D eigenvalue weighted by molar-refractivity contribution is 4.86. The van der Waals surface area contributed by atoms with Gasteiger partial charge >= 0.3 is 0 Å². The molecule has 78 valence electrons. The fourth-order valence-corrected chi connectivity index (χ4v) is 0.526. The molecule has 0 aliphatic rings. The van der Waals surface area contributed by atoms with Crippen LogP contribution < -0.4 is 0 Å². The van der Waals surface area contributed by atoms with E-state index in [1.54, 1.807) is 0 Å². The number of rotatable bonds is 3. The van der Waals surface area contributed by atoms with Crippen molar-refractivity contribution >= 4 is 0 Å². The maximum atomic E-state index is 3.85. The average Bonchev–Trinajstić information content (AvgIpc) is 1.59. The van der Waals surface area contributed by atoms with Crippen molar-refractivity contribution < 1.29 is 4.48 Å². The first-order valence-corrected chi connectivity index (χ1v) is 3.36. The summed E-state index contributed by atoms with van der Waals surface area (Å²) >= 11 is 0. The van der Waals surface area contributed by atoms with E-state index in [1.165, 1.54) is 12.1 Å². The van der Waals surface area contributed by atoms with Gasteiger partial charge in [-0.1, -0.05) is 34.4 Å². The van der Waals surface area contributed by atoms with E-state index in [9.17, 15) is 0 Å². The lowest BCUT2D eigenvalue weighted by molar-refractivity contribution is -0.870. The predicted molar refractivity (Wildman–Crippen MR) is 62.5 cm³/mol. The Balaban J connectivity index is -0.000000107. The molecule has 0 aliphatic heterocycles. The van der Waals surface area contributed by atoms with Crippen molar-refractivity contribution in [3.8, 4) is 0 Å². The molecule has 0 fully saturated rings. The molecule has 0 bridgehead atoms. The summed E-state index contributed by atoms with van der Waals surface area (Å²) < 4.78 is 1.03. The molecule has 0 atom stereocenters. The zero-order chi connectivity index (χ0) is 7.49. The average molecular weight is 176 g/mol. The van der Waals surface area contributed by atoms with Crippen LogP contribution in [-0.2, 0) is 0 Å². The first kappa shape index (κ1) is 22.6. The smallest absolute Gasteiger partial charge is 0.0817 e. The van der Waals surface area contributed by atoms with Crippen LogP contribution in [0.3, 0.4) is 0 Å². The van der Waals surface area contributed by atoms with E-state index in [4.69, 9.17) is 0 Å². The molecule has 0 heterocycles. The number of quaternary nitrogens is 1. The van der Waals surface area contributed by atoms with E-state index < -0.39 is 0 Å². The Labute approximate surface area is 80.7 Å². The molecule has 0 unspecified atom stereocenters. The minimum absolute atomic E-state index is 0. The highest BCUT2D eigenvalue weighted by Crippen LogP contribution is 1.99. The molecule has 1 heteroatoms. The molecule has 0 radical (unpaired) electrons. The highest BCUT2D eigenvalue weighted by Gasteiger charge is 2.04. The number of hydrogen-bond acceptors (Lipinski definition) is 0. The van der Waals surface area contributed by atoms with Crippen molar-refractivity contribution in [3.05, 3.63) is 12.2 Å². The largest absolute Gasteiger partial charge is 0.331 e. The van der Waals surface area contributed by atoms with E-state index in [1.807, 2.05) is 0 Å². The van der Waals surface area contributed by atoms with Gasteiger partial charge in [0, 0.05) is 6.42 Å². The SMILES string of the molecule is C.C.C.C=C(C)CC[N+](C)(C)C. The minimum atomic E-state index is 0. The molecule has 12 heavy (non-hydrogen) atoms. The van der Waals surface area contributed by atoms with Crippen LogP contribution in [0.25, 0.3) is 0 Å². The van der Waals surface area contributed by atoms with Crippen molar-refractivity contribution in [2.45, 2.75) is 35.6 Å². The summed E-state index contributed by atoms with van der Waals surface area (Å²) in [5.41, 5.74) is 1.28. The van der Waals surface area contributed by atoms with Crippen LogP contribution in [0.2, 0.25) is 0 Å². The van der Waals surface area contributed by atoms with Gasteiger partial charge in [0.25, 0.3) is 0 Å². The van der Waals surface area contributed by atoms with Crippen molar-refractivity contribution in [2.24, 2.45) is 0 Å². The van der Waals surface area contributed by atoms with Gasteiger partial charge in [0.15, 0.2) is 0 Å². The van der Waals surface area contributed by atoms with E-state index in [0.29, 0.717) is 0 Å². The maximum Gasteiger partial charge on any atom is 0.0817 e. The fourth-order valence-electron chi connectivity index (χ4n) is 0.526. The lowest BCUT2D eigenvalue weighted by Gasteiger charge is -2.23. The van der Waals surface area contributed by atoms with E-state index in [-0.39, 0.29) is 22.3 Å². The molecule has 0 aromatic carbocycles. The van der Waals surface area contributed by atoms with Crippen LogP contribution in [0.1, 0.15) is 35.6 Å². The van der Waals surface area contributed by atoms with Gasteiger partial charge in [-0.05, 0) is 6.92 Å². The number of hydrogen-bond donors (Lipinski definition) is 0. The van der Waals surface area contributed by atoms with E-state index in [2.05, 4.69) is 34.6 Å². The quantitative estimate of drug-likeness (QED) is 0.455. The summed E-state index contributed by atoms with van der Waals surface area (Å²) in [6, 6.07) is 0. The summed E-state index contributed by atoms with van der Waals surface area (Å²) in [5, 5.41) is 0. The molecule has 1 nitrogen and oxygen atoms in total. The Kier molecular flexibility index (Phi) is 16.6. The summed E-state index contributed by atoms with van der Waals surface area (Å²) in [7, 11) is 6.59. The molecule has 0 saturated carbocycles. The zero-order valence-electron chi connectivity index (χ0n) is 7.07. The monoisotopic (exact) mass is 176 g/mol. The van der Waals surface area contributed by atoms with E-state index >= 15 is 0 Å². The fraction of sp³-hybridized carbons (Fsp3) is 0.818. The van der Waals surface area contributed by atoms with Crippen molar-refractivity contribution in [1.29, 1.82) is 0 Å². The van der Waals surface area contributed by atoms with Gasteiger partial charge < -0.3 is 4.48 Å². The highest BCUT2D eigenvalue weighted by atomic mass is 15.3. The lowest BCUT2D eigenvalue weighted by Crippen LogP contribution is -2.35. The Morgan fingerprint density at radius 3 is 1.50 bits per heavy atom. The molecule has 0 aromatic rings. The maximum absolute atomic E-state index is 3.85. The van der Waals surface area contributed by atoms with Gasteiger partial charge in [-0.2, -0.15) is 0 Å². The van der Waals surface area contributed by atoms with Gasteiger partial charge in [0.1, 0.15) is 0 Å². The zero-order valence-corrected chi connectivity index (χ0v) is 7.07. The standard InChI is InChI=1S/C8H18N.3CH4/c1-8(2)6-7-9(3,4)5;;;/h1,6-7H2,2-5H3;3*1H4/q+1;;;. The van der Waals surface area contributed by atoms with Crippen molar-refractivity contribution in [1.82, 2.24) is 0 Å². The summed E-state index contributed by atoms with van der Waals surface area (Å²) in [6.45, 7) is 7.12. The third-order valence-corrected chi connectivity index (χ3v) is 1.21. The molecule has 0 N–H and O–H groups in total. The van der Waals surface area contributed by atoms with Crippen LogP contribution in [0.4, 0.5) is 0 Å².